The van der Waals surface area contributed by atoms with Crippen molar-refractivity contribution in [1.82, 2.24) is 35.0 Å². The summed E-state index contributed by atoms with van der Waals surface area (Å²) in [7, 11) is 2.04. The highest BCUT2D eigenvalue weighted by Crippen LogP contribution is 2.28. The van der Waals surface area contributed by atoms with E-state index >= 15 is 0 Å². The van der Waals surface area contributed by atoms with Crippen LogP contribution in [0.25, 0.3) is 11.4 Å². The van der Waals surface area contributed by atoms with Crippen molar-refractivity contribution >= 4 is 5.82 Å². The van der Waals surface area contributed by atoms with E-state index in [0.29, 0.717) is 18.4 Å². The minimum Gasteiger partial charge on any atom is -0.352 e. The van der Waals surface area contributed by atoms with Crippen molar-refractivity contribution in [3.63, 3.8) is 0 Å². The molecule has 0 saturated heterocycles. The first kappa shape index (κ1) is 16.6. The molecule has 0 radical (unpaired) electrons. The number of hydrogen-bond donors (Lipinski definition) is 1. The number of pyridine rings is 1. The lowest BCUT2D eigenvalue weighted by Gasteiger charge is -2.22. The molecule has 0 spiro atoms. The quantitative estimate of drug-likeness (QED) is 0.753. The van der Waals surface area contributed by atoms with Gasteiger partial charge in [0.25, 0.3) is 0 Å². The van der Waals surface area contributed by atoms with Crippen molar-refractivity contribution in [2.24, 2.45) is 0 Å². The van der Waals surface area contributed by atoms with Crippen LogP contribution in [0.1, 0.15) is 37.0 Å². The van der Waals surface area contributed by atoms with E-state index in [-0.39, 0.29) is 0 Å². The van der Waals surface area contributed by atoms with Crippen LogP contribution >= 0.6 is 0 Å². The van der Waals surface area contributed by atoms with Crippen LogP contribution in [0.3, 0.4) is 0 Å². The zero-order chi connectivity index (χ0) is 18.1. The standard InChI is InChI=1S/C18H22N8/c1-12(2)26-11-21-24-16(26)10-25(3)18-14-8-20-9-15(14)22-17(23-18)13-5-4-6-19-7-13/h4-7,11-12,20H,8-10H2,1-3H3. The summed E-state index contributed by atoms with van der Waals surface area (Å²) in [5, 5.41) is 11.7. The molecule has 1 aliphatic rings. The van der Waals surface area contributed by atoms with Crippen LogP contribution in [-0.4, -0.2) is 36.8 Å². The largest absolute Gasteiger partial charge is 0.352 e. The average molecular weight is 350 g/mol. The molecule has 0 saturated carbocycles. The van der Waals surface area contributed by atoms with Crippen molar-refractivity contribution in [3.8, 4) is 11.4 Å². The third-order valence-corrected chi connectivity index (χ3v) is 4.53. The Balaban J connectivity index is 1.71. The highest BCUT2D eigenvalue weighted by Gasteiger charge is 2.23. The lowest BCUT2D eigenvalue weighted by atomic mass is 10.2. The van der Waals surface area contributed by atoms with Crippen molar-refractivity contribution < 1.29 is 0 Å². The summed E-state index contributed by atoms with van der Waals surface area (Å²) >= 11 is 0. The molecule has 26 heavy (non-hydrogen) atoms. The van der Waals surface area contributed by atoms with Crippen LogP contribution in [0.5, 0.6) is 0 Å². The van der Waals surface area contributed by atoms with E-state index in [1.54, 1.807) is 18.7 Å². The van der Waals surface area contributed by atoms with E-state index in [1.807, 2.05) is 19.2 Å². The molecule has 4 rings (SSSR count). The SMILES string of the molecule is CC(C)n1cnnc1CN(C)c1nc(-c2cccnc2)nc2c1CNC2. The second kappa shape index (κ2) is 6.80. The van der Waals surface area contributed by atoms with Gasteiger partial charge in [-0.3, -0.25) is 4.98 Å². The van der Waals surface area contributed by atoms with E-state index in [9.17, 15) is 0 Å². The predicted molar refractivity (Wildman–Crippen MR) is 98.3 cm³/mol. The van der Waals surface area contributed by atoms with Crippen molar-refractivity contribution in [2.45, 2.75) is 39.5 Å². The fraction of sp³-hybridized carbons (Fsp3) is 0.389. The summed E-state index contributed by atoms with van der Waals surface area (Å²) in [5.41, 5.74) is 3.11. The van der Waals surface area contributed by atoms with Gasteiger partial charge in [0, 0.05) is 49.7 Å². The zero-order valence-electron chi connectivity index (χ0n) is 15.2. The highest BCUT2D eigenvalue weighted by atomic mass is 15.3. The van der Waals surface area contributed by atoms with E-state index < -0.39 is 0 Å². The molecule has 3 aromatic heterocycles. The molecule has 0 amide bonds. The Morgan fingerprint density at radius 1 is 1.27 bits per heavy atom. The summed E-state index contributed by atoms with van der Waals surface area (Å²) in [6.07, 6.45) is 5.33. The zero-order valence-corrected chi connectivity index (χ0v) is 15.2. The second-order valence-corrected chi connectivity index (χ2v) is 6.75. The minimum atomic E-state index is 0.317. The molecule has 0 fully saturated rings. The molecular formula is C18H22N8. The van der Waals surface area contributed by atoms with E-state index in [2.05, 4.69) is 43.8 Å². The molecule has 134 valence electrons. The number of anilines is 1. The van der Waals surface area contributed by atoms with Crippen LogP contribution in [0.4, 0.5) is 5.82 Å². The van der Waals surface area contributed by atoms with Crippen LogP contribution < -0.4 is 10.2 Å². The first-order valence-corrected chi connectivity index (χ1v) is 8.74. The van der Waals surface area contributed by atoms with Gasteiger partial charge in [-0.05, 0) is 26.0 Å². The number of rotatable bonds is 5. The van der Waals surface area contributed by atoms with Crippen molar-refractivity contribution in [3.05, 3.63) is 47.9 Å². The minimum absolute atomic E-state index is 0.317. The van der Waals surface area contributed by atoms with Gasteiger partial charge in [0.2, 0.25) is 0 Å². The lowest BCUT2D eigenvalue weighted by Crippen LogP contribution is -2.23. The molecule has 8 nitrogen and oxygen atoms in total. The smallest absolute Gasteiger partial charge is 0.163 e. The van der Waals surface area contributed by atoms with Crippen LogP contribution in [0.2, 0.25) is 0 Å². The molecule has 0 aliphatic carbocycles. The van der Waals surface area contributed by atoms with Crippen molar-refractivity contribution in [1.29, 1.82) is 0 Å². The van der Waals surface area contributed by atoms with Gasteiger partial charge in [0.15, 0.2) is 11.6 Å². The number of fused-ring (bicyclic) bond motifs is 1. The van der Waals surface area contributed by atoms with Crippen LogP contribution in [0, 0.1) is 0 Å². The average Bonchev–Trinajstić information content (AvgIpc) is 3.30. The topological polar surface area (TPSA) is 84.7 Å². The van der Waals surface area contributed by atoms with Gasteiger partial charge >= 0.3 is 0 Å². The summed E-state index contributed by atoms with van der Waals surface area (Å²) in [6.45, 7) is 6.42. The first-order valence-electron chi connectivity index (χ1n) is 8.74. The molecule has 1 aliphatic heterocycles. The maximum absolute atomic E-state index is 4.85. The fourth-order valence-corrected chi connectivity index (χ4v) is 3.19. The van der Waals surface area contributed by atoms with E-state index in [4.69, 9.17) is 9.97 Å². The van der Waals surface area contributed by atoms with Gasteiger partial charge in [0.05, 0.1) is 12.2 Å². The molecule has 4 heterocycles. The van der Waals surface area contributed by atoms with Gasteiger partial charge in [0.1, 0.15) is 12.1 Å². The summed E-state index contributed by atoms with van der Waals surface area (Å²) in [6, 6.07) is 4.20. The predicted octanol–water partition coefficient (Wildman–Crippen LogP) is 1.95. The summed E-state index contributed by atoms with van der Waals surface area (Å²) in [4.78, 5) is 15.9. The van der Waals surface area contributed by atoms with Gasteiger partial charge < -0.3 is 14.8 Å². The third kappa shape index (κ3) is 3.03. The Labute approximate surface area is 152 Å². The summed E-state index contributed by atoms with van der Waals surface area (Å²) < 4.78 is 2.08. The summed E-state index contributed by atoms with van der Waals surface area (Å²) in [5.74, 6) is 2.55. The Hall–Kier alpha value is -2.87. The van der Waals surface area contributed by atoms with Gasteiger partial charge in [-0.15, -0.1) is 10.2 Å². The third-order valence-electron chi connectivity index (χ3n) is 4.53. The molecule has 0 unspecified atom stereocenters. The van der Waals surface area contributed by atoms with Gasteiger partial charge in [-0.25, -0.2) is 9.97 Å². The molecular weight excluding hydrogens is 328 g/mol. The Morgan fingerprint density at radius 2 is 2.15 bits per heavy atom. The molecule has 8 heteroatoms. The Bertz CT molecular complexity index is 903. The van der Waals surface area contributed by atoms with Gasteiger partial charge in [-0.1, -0.05) is 0 Å². The molecule has 0 aromatic carbocycles. The highest BCUT2D eigenvalue weighted by molar-refractivity contribution is 5.60. The maximum Gasteiger partial charge on any atom is 0.163 e. The Kier molecular flexibility index (Phi) is 4.34. The Morgan fingerprint density at radius 3 is 2.92 bits per heavy atom. The molecule has 0 bridgehead atoms. The maximum atomic E-state index is 4.85. The lowest BCUT2D eigenvalue weighted by molar-refractivity contribution is 0.564. The van der Waals surface area contributed by atoms with Crippen molar-refractivity contribution in [2.75, 3.05) is 11.9 Å². The number of nitrogens with zero attached hydrogens (tertiary/aromatic N) is 7. The van der Waals surface area contributed by atoms with E-state index in [0.717, 1.165) is 41.6 Å². The number of nitrogens with one attached hydrogen (secondary N) is 1. The normalized spacial score (nSPS) is 13.2. The van der Waals surface area contributed by atoms with Gasteiger partial charge in [-0.2, -0.15) is 0 Å². The number of aromatic nitrogens is 6. The van der Waals surface area contributed by atoms with Crippen LogP contribution in [0.15, 0.2) is 30.9 Å². The molecule has 1 N–H and O–H groups in total. The molecule has 3 aromatic rings. The monoisotopic (exact) mass is 350 g/mol. The second-order valence-electron chi connectivity index (χ2n) is 6.75. The molecule has 0 atom stereocenters. The first-order chi connectivity index (χ1) is 12.6. The van der Waals surface area contributed by atoms with E-state index in [1.165, 1.54) is 0 Å². The fourth-order valence-electron chi connectivity index (χ4n) is 3.19. The van der Waals surface area contributed by atoms with Crippen LogP contribution in [-0.2, 0) is 19.6 Å². The number of hydrogen-bond acceptors (Lipinski definition) is 7.